The number of H-pyrrole nitrogens is 1. The first-order chi connectivity index (χ1) is 14.7. The van der Waals surface area contributed by atoms with Crippen molar-refractivity contribution in [1.82, 2.24) is 29.6 Å². The van der Waals surface area contributed by atoms with Gasteiger partial charge < -0.3 is 14.6 Å². The lowest BCUT2D eigenvalue weighted by molar-refractivity contribution is -0.129. The first-order valence-electron chi connectivity index (χ1n) is 10.5. The number of likely N-dealkylation sites (tertiary alicyclic amines) is 1. The average Bonchev–Trinajstić information content (AvgIpc) is 3.49. The number of fused-ring (bicyclic) bond motifs is 1. The van der Waals surface area contributed by atoms with Crippen LogP contribution in [0.4, 0.5) is 0 Å². The monoisotopic (exact) mass is 406 g/mol. The molecule has 4 atom stereocenters. The smallest absolute Gasteiger partial charge is 0.230 e. The third-order valence-electron chi connectivity index (χ3n) is 6.47. The predicted molar refractivity (Wildman–Crippen MR) is 109 cm³/mol. The molecule has 1 saturated heterocycles. The van der Waals surface area contributed by atoms with E-state index in [0.717, 1.165) is 30.8 Å². The van der Waals surface area contributed by atoms with Gasteiger partial charge in [0.1, 0.15) is 5.82 Å². The number of carbonyl (C=O) groups is 1. The van der Waals surface area contributed by atoms with Crippen LogP contribution in [0.2, 0.25) is 0 Å². The zero-order valence-electron chi connectivity index (χ0n) is 16.8. The Morgan fingerprint density at radius 1 is 1.17 bits per heavy atom. The first-order valence-corrected chi connectivity index (χ1v) is 10.5. The summed E-state index contributed by atoms with van der Waals surface area (Å²) in [5, 5.41) is 17.8. The van der Waals surface area contributed by atoms with E-state index in [1.54, 1.807) is 12.5 Å². The van der Waals surface area contributed by atoms with Crippen LogP contribution in [-0.2, 0) is 17.6 Å². The zero-order valence-corrected chi connectivity index (χ0v) is 16.8. The Balaban J connectivity index is 1.19. The van der Waals surface area contributed by atoms with Crippen LogP contribution in [0.5, 0.6) is 0 Å². The first kappa shape index (κ1) is 19.0. The fourth-order valence-corrected chi connectivity index (χ4v) is 4.93. The van der Waals surface area contributed by atoms with E-state index in [2.05, 4.69) is 20.2 Å². The molecule has 3 heterocycles. The standard InChI is InChI=1S/C22H26N6O2/c29-19-10-17-13-28(12-16(17)9-18(19)27-7-6-23-14-27)22(30)11-21-24-20(25-26-21)8-15-4-2-1-3-5-15/h1-7,14,16-19,29H,8-13H2,(H,24,25,26)/t16-,17+,18-,19-/m1/s1. The molecule has 8 heteroatoms. The molecule has 2 fully saturated rings. The molecule has 0 radical (unpaired) electrons. The molecule has 2 N–H and O–H groups in total. The van der Waals surface area contributed by atoms with Crippen LogP contribution in [0.1, 0.15) is 36.1 Å². The summed E-state index contributed by atoms with van der Waals surface area (Å²) in [7, 11) is 0. The van der Waals surface area contributed by atoms with Gasteiger partial charge in [-0.15, -0.1) is 0 Å². The van der Waals surface area contributed by atoms with Gasteiger partial charge >= 0.3 is 0 Å². The van der Waals surface area contributed by atoms with Crippen molar-refractivity contribution in [3.05, 3.63) is 66.3 Å². The number of nitrogens with one attached hydrogen (secondary N) is 1. The highest BCUT2D eigenvalue weighted by atomic mass is 16.3. The van der Waals surface area contributed by atoms with Crippen molar-refractivity contribution in [3.63, 3.8) is 0 Å². The number of aromatic nitrogens is 5. The predicted octanol–water partition coefficient (Wildman–Crippen LogP) is 1.61. The van der Waals surface area contributed by atoms with Crippen molar-refractivity contribution in [3.8, 4) is 0 Å². The number of aromatic amines is 1. The van der Waals surface area contributed by atoms with E-state index in [9.17, 15) is 9.90 Å². The van der Waals surface area contributed by atoms with Gasteiger partial charge in [-0.1, -0.05) is 30.3 Å². The number of aliphatic hydroxyl groups excluding tert-OH is 1. The van der Waals surface area contributed by atoms with E-state index in [1.807, 2.05) is 46.0 Å². The van der Waals surface area contributed by atoms with Crippen molar-refractivity contribution in [2.24, 2.45) is 11.8 Å². The number of amides is 1. The highest BCUT2D eigenvalue weighted by Gasteiger charge is 2.43. The highest BCUT2D eigenvalue weighted by molar-refractivity contribution is 5.78. The fourth-order valence-electron chi connectivity index (χ4n) is 4.93. The second-order valence-corrected chi connectivity index (χ2v) is 8.47. The van der Waals surface area contributed by atoms with Gasteiger partial charge in [0.15, 0.2) is 5.82 Å². The third-order valence-corrected chi connectivity index (χ3v) is 6.47. The Bertz CT molecular complexity index is 986. The molecule has 1 amide bonds. The second-order valence-electron chi connectivity index (χ2n) is 8.47. The lowest BCUT2D eigenvalue weighted by atomic mass is 9.77. The quantitative estimate of drug-likeness (QED) is 0.671. The van der Waals surface area contributed by atoms with Gasteiger partial charge in [-0.3, -0.25) is 9.89 Å². The number of benzene rings is 1. The van der Waals surface area contributed by atoms with Crippen LogP contribution in [0.3, 0.4) is 0 Å². The summed E-state index contributed by atoms with van der Waals surface area (Å²) >= 11 is 0. The Morgan fingerprint density at radius 3 is 2.73 bits per heavy atom. The van der Waals surface area contributed by atoms with Crippen LogP contribution in [0.15, 0.2) is 49.1 Å². The summed E-state index contributed by atoms with van der Waals surface area (Å²) in [4.78, 5) is 23.4. The molecule has 2 aromatic heterocycles. The lowest BCUT2D eigenvalue weighted by Crippen LogP contribution is -2.35. The normalized spacial score (nSPS) is 26.0. The number of imidazole rings is 1. The molecule has 0 spiro atoms. The van der Waals surface area contributed by atoms with Gasteiger partial charge in [0.05, 0.1) is 24.9 Å². The molecule has 1 aliphatic carbocycles. The van der Waals surface area contributed by atoms with Crippen molar-refractivity contribution < 1.29 is 9.90 Å². The average molecular weight is 406 g/mol. The zero-order chi connectivity index (χ0) is 20.5. The van der Waals surface area contributed by atoms with Gasteiger partial charge in [-0.2, -0.15) is 5.10 Å². The Labute approximate surface area is 175 Å². The number of hydrogen-bond donors (Lipinski definition) is 2. The molecule has 5 rings (SSSR count). The third kappa shape index (κ3) is 3.87. The summed E-state index contributed by atoms with van der Waals surface area (Å²) in [5.41, 5.74) is 1.15. The van der Waals surface area contributed by atoms with Crippen LogP contribution in [0.25, 0.3) is 0 Å². The van der Waals surface area contributed by atoms with Crippen LogP contribution >= 0.6 is 0 Å². The van der Waals surface area contributed by atoms with E-state index in [-0.39, 0.29) is 18.4 Å². The molecule has 1 aliphatic heterocycles. The molecule has 3 aromatic rings. The fraction of sp³-hybridized carbons (Fsp3) is 0.455. The van der Waals surface area contributed by atoms with Gasteiger partial charge in [0, 0.05) is 31.9 Å². The molecule has 2 aliphatic rings. The van der Waals surface area contributed by atoms with Gasteiger partial charge in [-0.25, -0.2) is 9.97 Å². The molecule has 0 bridgehead atoms. The van der Waals surface area contributed by atoms with Crippen LogP contribution in [0, 0.1) is 11.8 Å². The summed E-state index contributed by atoms with van der Waals surface area (Å²) < 4.78 is 1.99. The highest BCUT2D eigenvalue weighted by Crippen LogP contribution is 2.41. The number of aliphatic hydroxyl groups is 1. The summed E-state index contributed by atoms with van der Waals surface area (Å²) in [6.07, 6.45) is 7.48. The molecular weight excluding hydrogens is 380 g/mol. The minimum absolute atomic E-state index is 0.0392. The Hall–Kier alpha value is -3.00. The molecule has 8 nitrogen and oxygen atoms in total. The van der Waals surface area contributed by atoms with Gasteiger partial charge in [-0.05, 0) is 30.2 Å². The minimum Gasteiger partial charge on any atom is -0.391 e. The molecule has 1 saturated carbocycles. The van der Waals surface area contributed by atoms with Crippen molar-refractivity contribution in [2.45, 2.75) is 37.8 Å². The van der Waals surface area contributed by atoms with E-state index in [4.69, 9.17) is 0 Å². The SMILES string of the molecule is O=C(Cc1n[nH]c(Cc2ccccc2)n1)N1C[C@H]2C[C@@H](n3ccnc3)[C@H](O)C[C@H]2C1. The molecule has 30 heavy (non-hydrogen) atoms. The Kier molecular flexibility index (Phi) is 5.08. The molecule has 1 aromatic carbocycles. The van der Waals surface area contributed by atoms with Crippen LogP contribution < -0.4 is 0 Å². The van der Waals surface area contributed by atoms with Crippen molar-refractivity contribution in [1.29, 1.82) is 0 Å². The van der Waals surface area contributed by atoms with E-state index in [0.29, 0.717) is 30.6 Å². The summed E-state index contributed by atoms with van der Waals surface area (Å²) in [6.45, 7) is 1.45. The van der Waals surface area contributed by atoms with Gasteiger partial charge in [0.2, 0.25) is 5.91 Å². The second kappa shape index (κ2) is 8.02. The number of hydrogen-bond acceptors (Lipinski definition) is 5. The maximum atomic E-state index is 12.9. The summed E-state index contributed by atoms with van der Waals surface area (Å²) in [5.74, 6) is 2.13. The summed E-state index contributed by atoms with van der Waals surface area (Å²) in [6, 6.07) is 10.1. The number of rotatable bonds is 5. The van der Waals surface area contributed by atoms with E-state index in [1.165, 1.54) is 0 Å². The van der Waals surface area contributed by atoms with Gasteiger partial charge in [0.25, 0.3) is 0 Å². The molecule has 0 unspecified atom stereocenters. The maximum Gasteiger partial charge on any atom is 0.230 e. The Morgan fingerprint density at radius 2 is 1.97 bits per heavy atom. The maximum absolute atomic E-state index is 12.9. The minimum atomic E-state index is -0.399. The van der Waals surface area contributed by atoms with Crippen molar-refractivity contribution >= 4 is 5.91 Å². The topological polar surface area (TPSA) is 99.9 Å². The van der Waals surface area contributed by atoms with Crippen LogP contribution in [-0.4, -0.2) is 59.8 Å². The number of nitrogens with zero attached hydrogens (tertiary/aromatic N) is 5. The largest absolute Gasteiger partial charge is 0.391 e. The van der Waals surface area contributed by atoms with E-state index >= 15 is 0 Å². The lowest BCUT2D eigenvalue weighted by Gasteiger charge is -2.35. The molecular formula is C22H26N6O2. The molecule has 156 valence electrons. The van der Waals surface area contributed by atoms with E-state index < -0.39 is 6.10 Å². The number of carbonyl (C=O) groups excluding carboxylic acids is 1. The van der Waals surface area contributed by atoms with Crippen molar-refractivity contribution in [2.75, 3.05) is 13.1 Å².